The number of nitrogens with zero attached hydrogens (tertiary/aromatic N) is 1. The molecule has 88 valence electrons. The molecule has 1 saturated carbocycles. The van der Waals surface area contributed by atoms with Gasteiger partial charge >= 0.3 is 0 Å². The number of nitrogens with two attached hydrogens (primary N) is 1. The van der Waals surface area contributed by atoms with Crippen molar-refractivity contribution in [3.05, 3.63) is 28.5 Å². The Hall–Kier alpha value is -0.410. The number of rotatable bonds is 3. The highest BCUT2D eigenvalue weighted by Gasteiger charge is 2.18. The summed E-state index contributed by atoms with van der Waals surface area (Å²) in [5.74, 6) is 0.814. The average Bonchev–Trinajstić information content (AvgIpc) is 2.31. The van der Waals surface area contributed by atoms with Gasteiger partial charge in [-0.25, -0.2) is 0 Å². The van der Waals surface area contributed by atoms with Crippen LogP contribution >= 0.6 is 15.9 Å². The van der Waals surface area contributed by atoms with Crippen molar-refractivity contribution >= 4 is 15.9 Å². The highest BCUT2D eigenvalue weighted by Crippen LogP contribution is 2.30. The van der Waals surface area contributed by atoms with Crippen molar-refractivity contribution in [1.82, 2.24) is 4.98 Å². The Kier molecular flexibility index (Phi) is 4.36. The molecule has 1 fully saturated rings. The molecule has 0 aliphatic heterocycles. The highest BCUT2D eigenvalue weighted by molar-refractivity contribution is 9.10. The van der Waals surface area contributed by atoms with Crippen molar-refractivity contribution in [2.75, 3.05) is 0 Å². The Bertz CT molecular complexity index is 317. The van der Waals surface area contributed by atoms with Gasteiger partial charge in [-0.1, -0.05) is 32.1 Å². The molecule has 3 heteroatoms. The summed E-state index contributed by atoms with van der Waals surface area (Å²) in [4.78, 5) is 4.37. The van der Waals surface area contributed by atoms with E-state index in [0.29, 0.717) is 0 Å². The molecule has 1 aliphatic rings. The van der Waals surface area contributed by atoms with Crippen LogP contribution < -0.4 is 5.73 Å². The van der Waals surface area contributed by atoms with Crippen LogP contribution in [-0.2, 0) is 0 Å². The second kappa shape index (κ2) is 5.78. The maximum absolute atomic E-state index is 6.20. The van der Waals surface area contributed by atoms with E-state index >= 15 is 0 Å². The van der Waals surface area contributed by atoms with E-state index in [-0.39, 0.29) is 6.04 Å². The molecule has 0 aromatic carbocycles. The molecule has 1 atom stereocenters. The van der Waals surface area contributed by atoms with Gasteiger partial charge in [0.2, 0.25) is 0 Å². The largest absolute Gasteiger partial charge is 0.323 e. The Morgan fingerprint density at radius 3 is 2.69 bits per heavy atom. The van der Waals surface area contributed by atoms with Crippen LogP contribution in [0.1, 0.15) is 50.3 Å². The minimum Gasteiger partial charge on any atom is -0.323 e. The second-order valence-corrected chi connectivity index (χ2v) is 5.66. The molecule has 0 spiro atoms. The summed E-state index contributed by atoms with van der Waals surface area (Å²) < 4.78 is 1.01. The number of hydrogen-bond donors (Lipinski definition) is 1. The summed E-state index contributed by atoms with van der Waals surface area (Å²) in [5.41, 5.74) is 7.22. The molecule has 2 N–H and O–H groups in total. The van der Waals surface area contributed by atoms with E-state index in [9.17, 15) is 0 Å². The van der Waals surface area contributed by atoms with Gasteiger partial charge in [0.05, 0.1) is 5.69 Å². The van der Waals surface area contributed by atoms with Crippen LogP contribution in [0.3, 0.4) is 0 Å². The van der Waals surface area contributed by atoms with Crippen LogP contribution in [0.15, 0.2) is 22.8 Å². The summed E-state index contributed by atoms with van der Waals surface area (Å²) in [5, 5.41) is 0. The lowest BCUT2D eigenvalue weighted by Gasteiger charge is -2.24. The first kappa shape index (κ1) is 12.1. The van der Waals surface area contributed by atoms with Gasteiger partial charge in [0.25, 0.3) is 0 Å². The molecule has 1 heterocycles. The van der Waals surface area contributed by atoms with Crippen molar-refractivity contribution in [1.29, 1.82) is 0 Å². The van der Waals surface area contributed by atoms with Crippen molar-refractivity contribution in [2.45, 2.75) is 44.6 Å². The van der Waals surface area contributed by atoms with Gasteiger partial charge < -0.3 is 5.73 Å². The van der Waals surface area contributed by atoms with Crippen LogP contribution in [0.4, 0.5) is 0 Å². The van der Waals surface area contributed by atoms with E-state index in [0.717, 1.165) is 22.5 Å². The van der Waals surface area contributed by atoms with Crippen molar-refractivity contribution in [3.63, 3.8) is 0 Å². The Balaban J connectivity index is 1.91. The fourth-order valence-corrected chi connectivity index (χ4v) is 2.74. The third-order valence-corrected chi connectivity index (χ3v) is 3.91. The van der Waals surface area contributed by atoms with Crippen LogP contribution in [-0.4, -0.2) is 4.98 Å². The molecule has 1 aromatic heterocycles. The maximum atomic E-state index is 6.20. The summed E-state index contributed by atoms with van der Waals surface area (Å²) in [6, 6.07) is 4.15. The highest BCUT2D eigenvalue weighted by atomic mass is 79.9. The predicted molar refractivity (Wildman–Crippen MR) is 70.1 cm³/mol. The smallest absolute Gasteiger partial charge is 0.0571 e. The van der Waals surface area contributed by atoms with E-state index in [2.05, 4.69) is 20.9 Å². The van der Waals surface area contributed by atoms with Crippen LogP contribution in [0, 0.1) is 5.92 Å². The molecule has 16 heavy (non-hydrogen) atoms. The molecule has 2 nitrogen and oxygen atoms in total. The summed E-state index contributed by atoms with van der Waals surface area (Å²) >= 11 is 3.39. The van der Waals surface area contributed by atoms with E-state index in [1.165, 1.54) is 32.1 Å². The first-order valence-corrected chi connectivity index (χ1v) is 6.92. The number of halogens is 1. The normalized spacial score (nSPS) is 19.6. The first-order valence-electron chi connectivity index (χ1n) is 6.13. The summed E-state index contributed by atoms with van der Waals surface area (Å²) in [6.45, 7) is 0. The molecule has 0 saturated heterocycles. The number of hydrogen-bond acceptors (Lipinski definition) is 2. The quantitative estimate of drug-likeness (QED) is 0.916. The Labute approximate surface area is 106 Å². The van der Waals surface area contributed by atoms with Crippen LogP contribution in [0.5, 0.6) is 0 Å². The monoisotopic (exact) mass is 282 g/mol. The molecule has 0 radical (unpaired) electrons. The zero-order valence-electron chi connectivity index (χ0n) is 9.53. The summed E-state index contributed by atoms with van der Waals surface area (Å²) in [7, 11) is 0. The van der Waals surface area contributed by atoms with E-state index in [4.69, 9.17) is 5.73 Å². The average molecular weight is 283 g/mol. The number of pyridine rings is 1. The third-order valence-electron chi connectivity index (χ3n) is 3.44. The Morgan fingerprint density at radius 2 is 2.06 bits per heavy atom. The van der Waals surface area contributed by atoms with Gasteiger partial charge in [-0.05, 0) is 40.4 Å². The zero-order valence-corrected chi connectivity index (χ0v) is 11.1. The lowest BCUT2D eigenvalue weighted by atomic mass is 9.84. The molecule has 0 amide bonds. The van der Waals surface area contributed by atoms with Crippen molar-refractivity contribution < 1.29 is 0 Å². The van der Waals surface area contributed by atoms with Gasteiger partial charge in [0.15, 0.2) is 0 Å². The predicted octanol–water partition coefficient (Wildman–Crippen LogP) is 3.81. The van der Waals surface area contributed by atoms with Gasteiger partial charge in [0.1, 0.15) is 0 Å². The minimum atomic E-state index is 0.108. The van der Waals surface area contributed by atoms with Gasteiger partial charge in [0, 0.05) is 16.7 Å². The minimum absolute atomic E-state index is 0.108. The molecule has 1 unspecified atom stereocenters. The van der Waals surface area contributed by atoms with E-state index < -0.39 is 0 Å². The first-order chi connectivity index (χ1) is 7.75. The Morgan fingerprint density at radius 1 is 1.31 bits per heavy atom. The van der Waals surface area contributed by atoms with Crippen molar-refractivity contribution in [3.8, 4) is 0 Å². The molecule has 2 rings (SSSR count). The molecular weight excluding hydrogens is 264 g/mol. The molecule has 1 aromatic rings. The zero-order chi connectivity index (χ0) is 11.4. The molecule has 0 bridgehead atoms. The fraction of sp³-hybridized carbons (Fsp3) is 0.615. The topological polar surface area (TPSA) is 38.9 Å². The van der Waals surface area contributed by atoms with Crippen LogP contribution in [0.2, 0.25) is 0 Å². The number of aromatic nitrogens is 1. The summed E-state index contributed by atoms with van der Waals surface area (Å²) in [6.07, 6.45) is 9.79. The lowest BCUT2D eigenvalue weighted by molar-refractivity contribution is 0.317. The van der Waals surface area contributed by atoms with Crippen LogP contribution in [0.25, 0.3) is 0 Å². The standard InChI is InChI=1S/C13H19BrN2/c14-11-6-7-13(16-9-11)12(15)8-10-4-2-1-3-5-10/h6-7,9-10,12H,1-5,8,15H2. The third kappa shape index (κ3) is 3.29. The van der Waals surface area contributed by atoms with Gasteiger partial charge in [-0.15, -0.1) is 0 Å². The lowest BCUT2D eigenvalue weighted by Crippen LogP contribution is -2.18. The van der Waals surface area contributed by atoms with Gasteiger partial charge in [-0.3, -0.25) is 4.98 Å². The second-order valence-electron chi connectivity index (χ2n) is 4.75. The molecule has 1 aliphatic carbocycles. The van der Waals surface area contributed by atoms with Crippen molar-refractivity contribution in [2.24, 2.45) is 11.7 Å². The van der Waals surface area contributed by atoms with Gasteiger partial charge in [-0.2, -0.15) is 0 Å². The van der Waals surface area contributed by atoms with E-state index in [1.54, 1.807) is 0 Å². The van der Waals surface area contributed by atoms with E-state index in [1.807, 2.05) is 18.3 Å². The fourth-order valence-electron chi connectivity index (χ4n) is 2.51. The SMILES string of the molecule is NC(CC1CCCCC1)c1ccc(Br)cn1. The molecular formula is C13H19BrN2. The maximum Gasteiger partial charge on any atom is 0.0571 e.